The molecule has 1 heterocycles. The molecule has 0 fully saturated rings. The van der Waals surface area contributed by atoms with Crippen LogP contribution in [0.1, 0.15) is 0 Å². The maximum absolute atomic E-state index is 11.8. The van der Waals surface area contributed by atoms with Crippen LogP contribution in [0.5, 0.6) is 0 Å². The first-order valence-electron chi connectivity index (χ1n) is 4.82. The van der Waals surface area contributed by atoms with Crippen molar-refractivity contribution in [2.75, 3.05) is 12.4 Å². The smallest absolute Gasteiger partial charge is 0.278 e. The van der Waals surface area contributed by atoms with Crippen LogP contribution in [0.3, 0.4) is 0 Å². The number of hydrogen-bond donors (Lipinski definition) is 1. The molecule has 1 aromatic rings. The topological polar surface area (TPSA) is 66.7 Å². The Kier molecular flexibility index (Phi) is 5.48. The van der Waals surface area contributed by atoms with E-state index >= 15 is 0 Å². The van der Waals surface area contributed by atoms with Gasteiger partial charge in [0.05, 0.1) is 5.02 Å². The molecule has 1 N–H and O–H groups in total. The van der Waals surface area contributed by atoms with Gasteiger partial charge in [-0.25, -0.2) is 9.98 Å². The summed E-state index contributed by atoms with van der Waals surface area (Å²) in [6.45, 7) is 3.38. The molecule has 0 saturated heterocycles. The SMILES string of the molecule is C=CN=C(Cl)C(=NC)C(=O)Nc1ccc(Cl)cn1. The summed E-state index contributed by atoms with van der Waals surface area (Å²) < 4.78 is 0. The number of anilines is 1. The minimum Gasteiger partial charge on any atom is -0.305 e. The molecule has 0 aliphatic carbocycles. The van der Waals surface area contributed by atoms with E-state index in [1.54, 1.807) is 12.1 Å². The molecular weight excluding hydrogens is 275 g/mol. The van der Waals surface area contributed by atoms with Crippen LogP contribution in [0.2, 0.25) is 5.02 Å². The highest BCUT2D eigenvalue weighted by Crippen LogP contribution is 2.09. The molecule has 7 heteroatoms. The van der Waals surface area contributed by atoms with Crippen molar-refractivity contribution in [2.24, 2.45) is 9.98 Å². The predicted molar refractivity (Wildman–Crippen MR) is 74.7 cm³/mol. The van der Waals surface area contributed by atoms with Gasteiger partial charge in [-0.3, -0.25) is 9.79 Å². The molecule has 5 nitrogen and oxygen atoms in total. The Bertz CT molecular complexity index is 508. The Balaban J connectivity index is 2.84. The summed E-state index contributed by atoms with van der Waals surface area (Å²) in [4.78, 5) is 23.2. The lowest BCUT2D eigenvalue weighted by molar-refractivity contribution is -0.110. The van der Waals surface area contributed by atoms with Crippen molar-refractivity contribution < 1.29 is 4.79 Å². The molecule has 0 spiro atoms. The van der Waals surface area contributed by atoms with Crippen molar-refractivity contribution in [3.63, 3.8) is 0 Å². The highest BCUT2D eigenvalue weighted by atomic mass is 35.5. The van der Waals surface area contributed by atoms with Crippen molar-refractivity contribution in [1.82, 2.24) is 4.98 Å². The third kappa shape index (κ3) is 3.94. The third-order valence-electron chi connectivity index (χ3n) is 1.81. The van der Waals surface area contributed by atoms with E-state index in [2.05, 4.69) is 26.9 Å². The van der Waals surface area contributed by atoms with Gasteiger partial charge in [0.1, 0.15) is 5.82 Å². The van der Waals surface area contributed by atoms with E-state index < -0.39 is 5.91 Å². The lowest BCUT2D eigenvalue weighted by Gasteiger charge is -2.05. The largest absolute Gasteiger partial charge is 0.305 e. The van der Waals surface area contributed by atoms with Crippen molar-refractivity contribution >= 4 is 45.8 Å². The van der Waals surface area contributed by atoms with Gasteiger partial charge in [-0.15, -0.1) is 0 Å². The average molecular weight is 285 g/mol. The van der Waals surface area contributed by atoms with E-state index in [0.717, 1.165) is 0 Å². The first-order chi connectivity index (χ1) is 8.58. The fourth-order valence-electron chi connectivity index (χ4n) is 1.05. The Morgan fingerprint density at radius 3 is 2.78 bits per heavy atom. The van der Waals surface area contributed by atoms with Gasteiger partial charge in [0, 0.05) is 19.4 Å². The molecule has 1 rings (SSSR count). The van der Waals surface area contributed by atoms with E-state index in [1.807, 2.05) is 0 Å². The van der Waals surface area contributed by atoms with Crippen LogP contribution in [0.15, 0.2) is 41.1 Å². The standard InChI is InChI=1S/C11H10Cl2N4O/c1-3-15-10(13)9(14-2)11(18)17-8-5-4-7(12)6-16-8/h3-6H,1H2,2H3,(H,16,17,18). The number of carbonyl (C=O) groups excluding carboxylic acids is 1. The first kappa shape index (κ1) is 14.3. The lowest BCUT2D eigenvalue weighted by Crippen LogP contribution is -2.27. The average Bonchev–Trinajstić information content (AvgIpc) is 2.33. The number of pyridine rings is 1. The first-order valence-corrected chi connectivity index (χ1v) is 5.58. The highest BCUT2D eigenvalue weighted by Gasteiger charge is 2.16. The fraction of sp³-hybridized carbons (Fsp3) is 0.0909. The molecule has 0 aliphatic heterocycles. The fourth-order valence-corrected chi connectivity index (χ4v) is 1.41. The maximum atomic E-state index is 11.8. The normalized spacial score (nSPS) is 12.2. The number of halogens is 2. The minimum atomic E-state index is -0.511. The Labute approximate surface area is 114 Å². The molecular formula is C11H10Cl2N4O. The van der Waals surface area contributed by atoms with Crippen molar-refractivity contribution in [2.45, 2.75) is 0 Å². The second kappa shape index (κ2) is 6.88. The molecule has 0 radical (unpaired) electrons. The van der Waals surface area contributed by atoms with Crippen molar-refractivity contribution in [3.8, 4) is 0 Å². The lowest BCUT2D eigenvalue weighted by atomic mass is 10.3. The van der Waals surface area contributed by atoms with Crippen LogP contribution in [-0.4, -0.2) is 28.8 Å². The summed E-state index contributed by atoms with van der Waals surface area (Å²) in [6.07, 6.45) is 2.64. The zero-order chi connectivity index (χ0) is 13.5. The Morgan fingerprint density at radius 1 is 1.56 bits per heavy atom. The van der Waals surface area contributed by atoms with Gasteiger partial charge in [0.15, 0.2) is 10.9 Å². The van der Waals surface area contributed by atoms with Gasteiger partial charge in [0.25, 0.3) is 5.91 Å². The number of aromatic nitrogens is 1. The van der Waals surface area contributed by atoms with Gasteiger partial charge in [0.2, 0.25) is 0 Å². The van der Waals surface area contributed by atoms with Crippen LogP contribution in [0, 0.1) is 0 Å². The quantitative estimate of drug-likeness (QED) is 0.864. The second-order valence-electron chi connectivity index (χ2n) is 2.99. The summed E-state index contributed by atoms with van der Waals surface area (Å²) in [7, 11) is 1.44. The molecule has 18 heavy (non-hydrogen) atoms. The zero-order valence-corrected chi connectivity index (χ0v) is 11.0. The summed E-state index contributed by atoms with van der Waals surface area (Å²) in [5.74, 6) is -0.170. The number of amides is 1. The number of hydrogen-bond acceptors (Lipinski definition) is 4. The number of carbonyl (C=O) groups is 1. The summed E-state index contributed by atoms with van der Waals surface area (Å²) in [5, 5.41) is 2.95. The zero-order valence-electron chi connectivity index (χ0n) is 9.52. The molecule has 0 aliphatic rings. The second-order valence-corrected chi connectivity index (χ2v) is 3.78. The maximum Gasteiger partial charge on any atom is 0.278 e. The molecule has 0 atom stereocenters. The summed E-state index contributed by atoms with van der Waals surface area (Å²) in [6, 6.07) is 3.17. The molecule has 0 unspecified atom stereocenters. The predicted octanol–water partition coefficient (Wildman–Crippen LogP) is 2.53. The van der Waals surface area contributed by atoms with Crippen molar-refractivity contribution in [3.05, 3.63) is 36.1 Å². The van der Waals surface area contributed by atoms with Crippen molar-refractivity contribution in [1.29, 1.82) is 0 Å². The Hall–Kier alpha value is -1.72. The van der Waals surface area contributed by atoms with Crippen LogP contribution >= 0.6 is 23.2 Å². The number of rotatable bonds is 4. The van der Waals surface area contributed by atoms with Gasteiger partial charge < -0.3 is 5.32 Å². The van der Waals surface area contributed by atoms with Crippen LogP contribution in [-0.2, 0) is 4.79 Å². The monoisotopic (exact) mass is 284 g/mol. The molecule has 1 aromatic heterocycles. The molecule has 0 bridgehead atoms. The van der Waals surface area contributed by atoms with E-state index in [1.165, 1.54) is 19.4 Å². The molecule has 0 saturated carbocycles. The van der Waals surface area contributed by atoms with Crippen LogP contribution in [0.4, 0.5) is 5.82 Å². The molecule has 1 amide bonds. The van der Waals surface area contributed by atoms with Crippen LogP contribution < -0.4 is 5.32 Å². The van der Waals surface area contributed by atoms with Gasteiger partial charge >= 0.3 is 0 Å². The molecule has 94 valence electrons. The van der Waals surface area contributed by atoms with E-state index in [0.29, 0.717) is 10.8 Å². The summed E-state index contributed by atoms with van der Waals surface area (Å²) in [5.41, 5.74) is -0.00619. The minimum absolute atomic E-state index is 0.00619. The van der Waals surface area contributed by atoms with Crippen LogP contribution in [0.25, 0.3) is 0 Å². The summed E-state index contributed by atoms with van der Waals surface area (Å²) >= 11 is 11.5. The number of aliphatic imine (C=N–C) groups is 2. The number of nitrogens with one attached hydrogen (secondary N) is 1. The van der Waals surface area contributed by atoms with Gasteiger partial charge in [-0.05, 0) is 12.1 Å². The van der Waals surface area contributed by atoms with E-state index in [4.69, 9.17) is 23.2 Å². The van der Waals surface area contributed by atoms with E-state index in [9.17, 15) is 4.79 Å². The highest BCUT2D eigenvalue weighted by molar-refractivity contribution is 6.93. The third-order valence-corrected chi connectivity index (χ3v) is 2.31. The van der Waals surface area contributed by atoms with Gasteiger partial charge in [-0.1, -0.05) is 29.8 Å². The molecule has 0 aromatic carbocycles. The van der Waals surface area contributed by atoms with Gasteiger partial charge in [-0.2, -0.15) is 0 Å². The Morgan fingerprint density at radius 2 is 2.28 bits per heavy atom. The number of nitrogens with zero attached hydrogens (tertiary/aromatic N) is 3. The van der Waals surface area contributed by atoms with E-state index in [-0.39, 0.29) is 10.9 Å².